The van der Waals surface area contributed by atoms with Gasteiger partial charge in [-0.25, -0.2) is 9.97 Å². The van der Waals surface area contributed by atoms with Crippen LogP contribution in [0, 0.1) is 24.2 Å². The number of fused-ring (bicyclic) bond motifs is 1. The number of nitrogens with two attached hydrogens (primary N) is 2. The lowest BCUT2D eigenvalue weighted by atomic mass is 9.85. The number of hydrogen-bond acceptors (Lipinski definition) is 9. The van der Waals surface area contributed by atoms with E-state index < -0.39 is 5.92 Å². The van der Waals surface area contributed by atoms with E-state index in [0.29, 0.717) is 41.7 Å². The summed E-state index contributed by atoms with van der Waals surface area (Å²) in [7, 11) is 0. The minimum Gasteiger partial charge on any atom is -0.513 e. The average molecular weight is 501 g/mol. The van der Waals surface area contributed by atoms with Crippen molar-refractivity contribution in [1.29, 1.82) is 0 Å². The van der Waals surface area contributed by atoms with Crippen molar-refractivity contribution in [2.45, 2.75) is 51.9 Å². The fraction of sp³-hybridized carbons (Fsp3) is 0.357. The number of aliphatic hydroxyl groups excluding tert-OH is 1. The van der Waals surface area contributed by atoms with Crippen LogP contribution in [0.3, 0.4) is 0 Å². The van der Waals surface area contributed by atoms with Crippen LogP contribution in [0.4, 0.5) is 11.8 Å². The van der Waals surface area contributed by atoms with E-state index in [4.69, 9.17) is 17.9 Å². The van der Waals surface area contributed by atoms with Gasteiger partial charge in [-0.3, -0.25) is 9.59 Å². The maximum absolute atomic E-state index is 13.0. The van der Waals surface area contributed by atoms with Crippen molar-refractivity contribution < 1.29 is 14.7 Å². The van der Waals surface area contributed by atoms with E-state index in [1.165, 1.54) is 0 Å². The van der Waals surface area contributed by atoms with Gasteiger partial charge in [-0.1, -0.05) is 44.7 Å². The Kier molecular flexibility index (Phi) is 8.90. The van der Waals surface area contributed by atoms with Crippen LogP contribution < -0.4 is 11.5 Å². The van der Waals surface area contributed by atoms with Crippen LogP contribution in [-0.2, 0) is 11.2 Å². The molecule has 0 radical (unpaired) electrons. The lowest BCUT2D eigenvalue weighted by molar-refractivity contribution is -0.126. The predicted molar refractivity (Wildman–Crippen MR) is 144 cm³/mol. The summed E-state index contributed by atoms with van der Waals surface area (Å²) in [6, 6.07) is 7.25. The number of aromatic nitrogens is 4. The van der Waals surface area contributed by atoms with Gasteiger partial charge in [0.2, 0.25) is 5.95 Å². The highest BCUT2D eigenvalue weighted by atomic mass is 16.3. The Hall–Kier alpha value is -4.32. The number of benzene rings is 1. The molecular formula is C28H32N6O3. The Morgan fingerprint density at radius 3 is 2.46 bits per heavy atom. The summed E-state index contributed by atoms with van der Waals surface area (Å²) in [5.41, 5.74) is 14.4. The summed E-state index contributed by atoms with van der Waals surface area (Å²) in [6.45, 7) is 7.10. The van der Waals surface area contributed by atoms with Crippen molar-refractivity contribution in [3.63, 3.8) is 0 Å². The van der Waals surface area contributed by atoms with Gasteiger partial charge >= 0.3 is 0 Å². The zero-order valence-corrected chi connectivity index (χ0v) is 21.1. The second-order valence-corrected chi connectivity index (χ2v) is 9.42. The molecule has 0 aliphatic carbocycles. The Morgan fingerprint density at radius 2 is 1.84 bits per heavy atom. The normalized spacial score (nSPS) is 12.7. The number of allylic oxidation sites excluding steroid dienone is 1. The Balaban J connectivity index is 1.77. The first-order chi connectivity index (χ1) is 17.6. The van der Waals surface area contributed by atoms with Crippen molar-refractivity contribution in [3.05, 3.63) is 59.6 Å². The van der Waals surface area contributed by atoms with Gasteiger partial charge in [-0.05, 0) is 18.4 Å². The van der Waals surface area contributed by atoms with Gasteiger partial charge in [0.15, 0.2) is 22.8 Å². The fourth-order valence-electron chi connectivity index (χ4n) is 4.22. The third-order valence-electron chi connectivity index (χ3n) is 6.21. The molecule has 0 saturated carbocycles. The molecule has 2 atom stereocenters. The van der Waals surface area contributed by atoms with Crippen LogP contribution in [0.25, 0.3) is 11.2 Å². The molecular weight excluding hydrogens is 468 g/mol. The van der Waals surface area contributed by atoms with E-state index in [-0.39, 0.29) is 53.8 Å². The highest BCUT2D eigenvalue weighted by Crippen LogP contribution is 2.27. The minimum atomic E-state index is -0.469. The summed E-state index contributed by atoms with van der Waals surface area (Å²) >= 11 is 0. The molecule has 2 aromatic heterocycles. The van der Waals surface area contributed by atoms with Gasteiger partial charge in [0.1, 0.15) is 5.78 Å². The van der Waals surface area contributed by atoms with Crippen LogP contribution in [0.2, 0.25) is 0 Å². The number of terminal acetylenes is 1. The largest absolute Gasteiger partial charge is 0.513 e. The summed E-state index contributed by atoms with van der Waals surface area (Å²) in [5, 5.41) is 9.45. The third-order valence-corrected chi connectivity index (χ3v) is 6.21. The van der Waals surface area contributed by atoms with Crippen LogP contribution in [0.1, 0.15) is 67.1 Å². The molecule has 2 heterocycles. The number of Topliss-reactive ketones (excluding diaryl/α,β-unsaturated/α-hetero) is 2. The monoisotopic (exact) mass is 500 g/mol. The second-order valence-electron chi connectivity index (χ2n) is 9.42. The third kappa shape index (κ3) is 7.10. The molecule has 0 amide bonds. The van der Waals surface area contributed by atoms with Crippen LogP contribution >= 0.6 is 0 Å². The lowest BCUT2D eigenvalue weighted by Crippen LogP contribution is -2.23. The van der Waals surface area contributed by atoms with E-state index in [0.717, 1.165) is 5.56 Å². The van der Waals surface area contributed by atoms with Gasteiger partial charge in [0.25, 0.3) is 0 Å². The van der Waals surface area contributed by atoms with Crippen LogP contribution in [-0.4, -0.2) is 36.6 Å². The first-order valence-electron chi connectivity index (χ1n) is 12.1. The maximum Gasteiger partial charge on any atom is 0.224 e. The fourth-order valence-corrected chi connectivity index (χ4v) is 4.22. The number of nitrogen functional groups attached to an aromatic ring is 2. The highest BCUT2D eigenvalue weighted by molar-refractivity contribution is 5.99. The zero-order valence-electron chi connectivity index (χ0n) is 21.1. The number of rotatable bonds is 12. The van der Waals surface area contributed by atoms with Crippen molar-refractivity contribution >= 4 is 34.5 Å². The smallest absolute Gasteiger partial charge is 0.224 e. The molecule has 9 nitrogen and oxygen atoms in total. The average Bonchev–Trinajstić information content (AvgIpc) is 2.86. The second kappa shape index (κ2) is 12.1. The van der Waals surface area contributed by atoms with Crippen molar-refractivity contribution in [1.82, 2.24) is 19.9 Å². The molecule has 3 rings (SSSR count). The first kappa shape index (κ1) is 27.3. The molecule has 192 valence electrons. The van der Waals surface area contributed by atoms with E-state index in [2.05, 4.69) is 32.4 Å². The summed E-state index contributed by atoms with van der Waals surface area (Å²) in [6.07, 6.45) is 8.96. The molecule has 0 aliphatic rings. The molecule has 37 heavy (non-hydrogen) atoms. The summed E-state index contributed by atoms with van der Waals surface area (Å²) in [5.74, 6) is 2.05. The van der Waals surface area contributed by atoms with Gasteiger partial charge in [-0.15, -0.1) is 12.3 Å². The number of carbonyl (C=O) groups excluding carboxylic acids is 2. The minimum absolute atomic E-state index is 0.00511. The quantitative estimate of drug-likeness (QED) is 0.188. The van der Waals surface area contributed by atoms with Crippen molar-refractivity contribution in [3.8, 4) is 12.3 Å². The number of aliphatic hydroxyl groups is 1. The van der Waals surface area contributed by atoms with E-state index in [1.807, 2.05) is 26.0 Å². The highest BCUT2D eigenvalue weighted by Gasteiger charge is 2.25. The lowest BCUT2D eigenvalue weighted by Gasteiger charge is -2.18. The Morgan fingerprint density at radius 1 is 1.14 bits per heavy atom. The van der Waals surface area contributed by atoms with Crippen LogP contribution in [0.5, 0.6) is 0 Å². The maximum atomic E-state index is 13.0. The standard InChI is InChI=1S/C28H32N6O3/c1-5-6-20(13-22-15-31-27-24(32-22)26(29)33-28(30)34-27)18-9-11-19(12-10-18)23(36)14-21(8-7-17(4)35)25(37)16(2)3/h1,9-12,15-16,20-21,35H,4,6-8,13-14H2,2-3H3,(H4,29,30,31,33,34)/t20?,21-/m1/s1. The summed E-state index contributed by atoms with van der Waals surface area (Å²) < 4.78 is 0. The molecule has 1 unspecified atom stereocenters. The summed E-state index contributed by atoms with van der Waals surface area (Å²) in [4.78, 5) is 42.5. The molecule has 0 spiro atoms. The van der Waals surface area contributed by atoms with Gasteiger partial charge in [0, 0.05) is 42.6 Å². The van der Waals surface area contributed by atoms with Crippen molar-refractivity contribution in [2.24, 2.45) is 11.8 Å². The SMILES string of the molecule is C#CCC(Cc1cnc2nc(N)nc(N)c2n1)c1ccc(C(=O)C[C@@H](CCC(=C)O)C(=O)C(C)C)cc1. The van der Waals surface area contributed by atoms with Crippen LogP contribution in [0.15, 0.2) is 42.8 Å². The number of anilines is 2. The number of nitrogens with zero attached hydrogens (tertiary/aromatic N) is 4. The van der Waals surface area contributed by atoms with Gasteiger partial charge in [0.05, 0.1) is 17.6 Å². The topological polar surface area (TPSA) is 158 Å². The molecule has 1 aromatic carbocycles. The number of hydrogen-bond donors (Lipinski definition) is 3. The zero-order chi connectivity index (χ0) is 27.1. The molecule has 9 heteroatoms. The first-order valence-corrected chi connectivity index (χ1v) is 12.1. The van der Waals surface area contributed by atoms with Gasteiger partial charge < -0.3 is 16.6 Å². The molecule has 5 N–H and O–H groups in total. The molecule has 0 fully saturated rings. The number of ketones is 2. The molecule has 0 aliphatic heterocycles. The van der Waals surface area contributed by atoms with Crippen molar-refractivity contribution in [2.75, 3.05) is 11.5 Å². The van der Waals surface area contributed by atoms with E-state index in [1.54, 1.807) is 18.3 Å². The van der Waals surface area contributed by atoms with E-state index >= 15 is 0 Å². The number of carbonyl (C=O) groups is 2. The molecule has 0 bridgehead atoms. The molecule has 3 aromatic rings. The van der Waals surface area contributed by atoms with E-state index in [9.17, 15) is 14.7 Å². The Labute approximate surface area is 216 Å². The van der Waals surface area contributed by atoms with Gasteiger partial charge in [-0.2, -0.15) is 9.97 Å². The Bertz CT molecular complexity index is 1340. The predicted octanol–water partition coefficient (Wildman–Crippen LogP) is 4.20. The molecule has 0 saturated heterocycles.